The molecule has 1 saturated heterocycles. The molecule has 1 aliphatic heterocycles. The van der Waals surface area contributed by atoms with Crippen LogP contribution in [0.15, 0.2) is 42.5 Å². The molecule has 2 aromatic carbocycles. The Balaban J connectivity index is 1.97. The van der Waals surface area contributed by atoms with Gasteiger partial charge in [-0.05, 0) is 11.6 Å². The standard InChI is InChI=1S/C18H20O8/c19-8-13-14(22)15(23)16(24)18(25-13)26-17-11(6-10(20)7-12(17)21)9-4-2-1-3-5-9/h1-7,13-16,18-24H,8H2/t13-,14-,15+,16-,18+/m1/s1. The highest BCUT2D eigenvalue weighted by molar-refractivity contribution is 5.75. The van der Waals surface area contributed by atoms with E-state index >= 15 is 0 Å². The highest BCUT2D eigenvalue weighted by atomic mass is 16.7. The summed E-state index contributed by atoms with van der Waals surface area (Å²) in [6.45, 7) is -0.599. The summed E-state index contributed by atoms with van der Waals surface area (Å²) in [6.07, 6.45) is -7.34. The van der Waals surface area contributed by atoms with E-state index in [0.717, 1.165) is 6.07 Å². The zero-order valence-electron chi connectivity index (χ0n) is 13.6. The third-order valence-corrected chi connectivity index (χ3v) is 4.22. The van der Waals surface area contributed by atoms with Crippen molar-refractivity contribution in [2.75, 3.05) is 6.61 Å². The third-order valence-electron chi connectivity index (χ3n) is 4.22. The summed E-state index contributed by atoms with van der Waals surface area (Å²) in [7, 11) is 0. The average molecular weight is 364 g/mol. The fourth-order valence-electron chi connectivity index (χ4n) is 2.84. The minimum absolute atomic E-state index is 0.0849. The van der Waals surface area contributed by atoms with Crippen LogP contribution in [0.3, 0.4) is 0 Å². The van der Waals surface area contributed by atoms with Gasteiger partial charge in [-0.1, -0.05) is 30.3 Å². The molecule has 8 nitrogen and oxygen atoms in total. The van der Waals surface area contributed by atoms with E-state index in [1.165, 1.54) is 6.07 Å². The third kappa shape index (κ3) is 3.46. The fraction of sp³-hybridized carbons (Fsp3) is 0.333. The second-order valence-corrected chi connectivity index (χ2v) is 6.02. The van der Waals surface area contributed by atoms with Gasteiger partial charge in [0.1, 0.15) is 30.2 Å². The van der Waals surface area contributed by atoms with E-state index in [0.29, 0.717) is 11.1 Å². The van der Waals surface area contributed by atoms with Gasteiger partial charge in [-0.15, -0.1) is 0 Å². The zero-order valence-corrected chi connectivity index (χ0v) is 13.6. The molecule has 8 heteroatoms. The summed E-state index contributed by atoms with van der Waals surface area (Å²) in [5.74, 6) is -0.679. The molecular formula is C18H20O8. The Bertz CT molecular complexity index is 748. The number of aliphatic hydroxyl groups excluding tert-OH is 4. The molecule has 1 aliphatic rings. The zero-order chi connectivity index (χ0) is 18.8. The molecule has 26 heavy (non-hydrogen) atoms. The minimum atomic E-state index is -1.62. The molecule has 0 aromatic heterocycles. The Morgan fingerprint density at radius 1 is 0.923 bits per heavy atom. The fourth-order valence-corrected chi connectivity index (χ4v) is 2.84. The van der Waals surface area contributed by atoms with Crippen LogP contribution < -0.4 is 4.74 Å². The molecule has 2 aromatic rings. The van der Waals surface area contributed by atoms with E-state index in [-0.39, 0.29) is 11.5 Å². The van der Waals surface area contributed by atoms with Crippen molar-refractivity contribution in [1.82, 2.24) is 0 Å². The number of aromatic hydroxyl groups is 2. The maximum Gasteiger partial charge on any atom is 0.229 e. The molecular weight excluding hydrogens is 344 g/mol. The van der Waals surface area contributed by atoms with Crippen LogP contribution in [0.2, 0.25) is 0 Å². The summed E-state index contributed by atoms with van der Waals surface area (Å²) >= 11 is 0. The van der Waals surface area contributed by atoms with Gasteiger partial charge in [-0.2, -0.15) is 0 Å². The molecule has 0 unspecified atom stereocenters. The molecule has 0 aliphatic carbocycles. The van der Waals surface area contributed by atoms with Gasteiger partial charge in [0.05, 0.1) is 6.61 Å². The molecule has 0 radical (unpaired) electrons. The molecule has 0 spiro atoms. The lowest BCUT2D eigenvalue weighted by molar-refractivity contribution is -0.277. The highest BCUT2D eigenvalue weighted by Crippen LogP contribution is 2.42. The number of ether oxygens (including phenoxy) is 2. The number of phenolic OH excluding ortho intramolecular Hbond substituents is 2. The van der Waals surface area contributed by atoms with Crippen molar-refractivity contribution in [3.63, 3.8) is 0 Å². The van der Waals surface area contributed by atoms with Gasteiger partial charge in [0.15, 0.2) is 11.5 Å². The molecule has 140 valence electrons. The lowest BCUT2D eigenvalue weighted by Crippen LogP contribution is -2.60. The normalized spacial score (nSPS) is 28.7. The topological polar surface area (TPSA) is 140 Å². The van der Waals surface area contributed by atoms with Crippen molar-refractivity contribution in [2.24, 2.45) is 0 Å². The number of benzene rings is 2. The second-order valence-electron chi connectivity index (χ2n) is 6.02. The largest absolute Gasteiger partial charge is 0.508 e. The molecule has 3 rings (SSSR count). The summed E-state index contributed by atoms with van der Waals surface area (Å²) in [5, 5.41) is 59.1. The average Bonchev–Trinajstić information content (AvgIpc) is 2.64. The van der Waals surface area contributed by atoms with Gasteiger partial charge in [0.25, 0.3) is 0 Å². The van der Waals surface area contributed by atoms with Crippen LogP contribution >= 0.6 is 0 Å². The van der Waals surface area contributed by atoms with Crippen LogP contribution in [-0.4, -0.2) is 68.0 Å². The lowest BCUT2D eigenvalue weighted by atomic mass is 9.99. The second kappa shape index (κ2) is 7.48. The Hall–Kier alpha value is -2.36. The number of rotatable bonds is 4. The summed E-state index contributed by atoms with van der Waals surface area (Å²) in [5.41, 5.74) is 0.957. The molecule has 1 fully saturated rings. The first-order chi connectivity index (χ1) is 12.4. The molecule has 5 atom stereocenters. The maximum atomic E-state index is 10.2. The Morgan fingerprint density at radius 3 is 2.27 bits per heavy atom. The quantitative estimate of drug-likeness (QED) is 0.444. The van der Waals surface area contributed by atoms with E-state index < -0.39 is 43.1 Å². The molecule has 1 heterocycles. The minimum Gasteiger partial charge on any atom is -0.508 e. The Labute approximate surface area is 149 Å². The van der Waals surface area contributed by atoms with Crippen molar-refractivity contribution in [2.45, 2.75) is 30.7 Å². The van der Waals surface area contributed by atoms with Crippen LogP contribution in [0.25, 0.3) is 11.1 Å². The van der Waals surface area contributed by atoms with Crippen LogP contribution in [0.5, 0.6) is 17.2 Å². The predicted octanol–water partition coefficient (Wildman–Crippen LogP) is -0.0565. The van der Waals surface area contributed by atoms with E-state index in [9.17, 15) is 30.6 Å². The first-order valence-corrected chi connectivity index (χ1v) is 8.01. The van der Waals surface area contributed by atoms with E-state index in [4.69, 9.17) is 9.47 Å². The summed E-state index contributed by atoms with van der Waals surface area (Å²) < 4.78 is 10.9. The van der Waals surface area contributed by atoms with Crippen molar-refractivity contribution in [1.29, 1.82) is 0 Å². The number of aliphatic hydroxyl groups is 4. The van der Waals surface area contributed by atoms with Gasteiger partial charge in [-0.25, -0.2) is 0 Å². The number of phenols is 2. The maximum absolute atomic E-state index is 10.2. The molecule has 6 N–H and O–H groups in total. The van der Waals surface area contributed by atoms with Crippen LogP contribution in [0.1, 0.15) is 0 Å². The molecule has 0 saturated carbocycles. The van der Waals surface area contributed by atoms with Gasteiger partial charge >= 0.3 is 0 Å². The molecule has 0 amide bonds. The summed E-state index contributed by atoms with van der Waals surface area (Å²) in [4.78, 5) is 0. The molecule has 0 bridgehead atoms. The van der Waals surface area contributed by atoms with Crippen molar-refractivity contribution in [3.8, 4) is 28.4 Å². The van der Waals surface area contributed by atoms with Crippen molar-refractivity contribution >= 4 is 0 Å². The highest BCUT2D eigenvalue weighted by Gasteiger charge is 2.45. The van der Waals surface area contributed by atoms with Gasteiger partial charge in [-0.3, -0.25) is 0 Å². The van der Waals surface area contributed by atoms with Crippen LogP contribution in [0, 0.1) is 0 Å². The van der Waals surface area contributed by atoms with E-state index in [2.05, 4.69) is 0 Å². The van der Waals surface area contributed by atoms with Crippen LogP contribution in [-0.2, 0) is 4.74 Å². The smallest absolute Gasteiger partial charge is 0.229 e. The van der Waals surface area contributed by atoms with Crippen molar-refractivity contribution in [3.05, 3.63) is 42.5 Å². The summed E-state index contributed by atoms with van der Waals surface area (Å²) in [6, 6.07) is 11.2. The van der Waals surface area contributed by atoms with Crippen molar-refractivity contribution < 1.29 is 40.1 Å². The Morgan fingerprint density at radius 2 is 1.62 bits per heavy atom. The van der Waals surface area contributed by atoms with E-state index in [1.54, 1.807) is 30.3 Å². The first kappa shape index (κ1) is 18.4. The Kier molecular flexibility index (Phi) is 5.30. The predicted molar refractivity (Wildman–Crippen MR) is 89.6 cm³/mol. The SMILES string of the molecule is OC[C@H]1O[C@@H](Oc2c(O)cc(O)cc2-c2ccccc2)[C@H](O)[C@@H](O)[C@@H]1O. The number of hydrogen-bond acceptors (Lipinski definition) is 8. The monoisotopic (exact) mass is 364 g/mol. The van der Waals surface area contributed by atoms with Crippen LogP contribution in [0.4, 0.5) is 0 Å². The van der Waals surface area contributed by atoms with Gasteiger partial charge in [0, 0.05) is 11.6 Å². The number of hydrogen-bond donors (Lipinski definition) is 6. The lowest BCUT2D eigenvalue weighted by Gasteiger charge is -2.39. The van der Waals surface area contributed by atoms with Gasteiger partial charge < -0.3 is 40.1 Å². The van der Waals surface area contributed by atoms with Gasteiger partial charge in [0.2, 0.25) is 6.29 Å². The van der Waals surface area contributed by atoms with E-state index in [1.807, 2.05) is 0 Å². The first-order valence-electron chi connectivity index (χ1n) is 8.01.